The molecule has 2 aromatic rings. The summed E-state index contributed by atoms with van der Waals surface area (Å²) in [7, 11) is 4.97. The highest BCUT2D eigenvalue weighted by Crippen LogP contribution is 2.32. The molecular formula is C21H29FIN3O2. The minimum atomic E-state index is -0.244. The lowest BCUT2D eigenvalue weighted by Gasteiger charge is -2.27. The van der Waals surface area contributed by atoms with Crippen LogP contribution in [0.25, 0.3) is 0 Å². The summed E-state index contributed by atoms with van der Waals surface area (Å²) in [4.78, 5) is 4.24. The fourth-order valence-electron chi connectivity index (χ4n) is 2.72. The van der Waals surface area contributed by atoms with E-state index in [1.54, 1.807) is 27.3 Å². The van der Waals surface area contributed by atoms with Crippen LogP contribution in [0.15, 0.2) is 47.5 Å². The standard InChI is InChI=1S/C21H28FN3O2.HI/c1-21(2,16-9-10-18(26-4)19(12-16)27-5)14-25-20(23-3)24-13-15-7-6-8-17(22)11-15;/h6-12H,13-14H2,1-5H3,(H2,23,24,25);1H. The van der Waals surface area contributed by atoms with E-state index >= 15 is 0 Å². The number of guanidine groups is 1. The first-order valence-electron chi connectivity index (χ1n) is 8.81. The summed E-state index contributed by atoms with van der Waals surface area (Å²) in [5, 5.41) is 6.54. The van der Waals surface area contributed by atoms with Crippen LogP contribution in [0.3, 0.4) is 0 Å². The van der Waals surface area contributed by atoms with Crippen LogP contribution in [0.5, 0.6) is 11.5 Å². The van der Waals surface area contributed by atoms with E-state index in [4.69, 9.17) is 9.47 Å². The van der Waals surface area contributed by atoms with E-state index in [1.165, 1.54) is 12.1 Å². The highest BCUT2D eigenvalue weighted by atomic mass is 127. The number of benzene rings is 2. The lowest BCUT2D eigenvalue weighted by atomic mass is 9.84. The molecule has 0 bridgehead atoms. The van der Waals surface area contributed by atoms with Gasteiger partial charge >= 0.3 is 0 Å². The van der Waals surface area contributed by atoms with Crippen LogP contribution in [-0.4, -0.2) is 33.8 Å². The molecule has 0 spiro atoms. The third-order valence-corrected chi connectivity index (χ3v) is 4.44. The Morgan fingerprint density at radius 3 is 2.36 bits per heavy atom. The van der Waals surface area contributed by atoms with Crippen molar-refractivity contribution < 1.29 is 13.9 Å². The summed E-state index contributed by atoms with van der Waals surface area (Å²) < 4.78 is 24.0. The van der Waals surface area contributed by atoms with Crippen molar-refractivity contribution in [2.75, 3.05) is 27.8 Å². The number of methoxy groups -OCH3 is 2. The van der Waals surface area contributed by atoms with Crippen molar-refractivity contribution in [3.05, 3.63) is 59.4 Å². The van der Waals surface area contributed by atoms with E-state index in [9.17, 15) is 4.39 Å². The molecule has 7 heteroatoms. The largest absolute Gasteiger partial charge is 0.493 e. The summed E-state index contributed by atoms with van der Waals surface area (Å²) in [6.07, 6.45) is 0. The maximum Gasteiger partial charge on any atom is 0.191 e. The summed E-state index contributed by atoms with van der Waals surface area (Å²) in [6.45, 7) is 5.43. The minimum absolute atomic E-state index is 0. The van der Waals surface area contributed by atoms with Gasteiger partial charge < -0.3 is 20.1 Å². The number of ether oxygens (including phenoxy) is 2. The van der Waals surface area contributed by atoms with Crippen molar-refractivity contribution in [2.45, 2.75) is 25.8 Å². The molecule has 0 aliphatic carbocycles. The van der Waals surface area contributed by atoms with Gasteiger partial charge in [0.05, 0.1) is 14.2 Å². The van der Waals surface area contributed by atoms with Crippen molar-refractivity contribution in [1.82, 2.24) is 10.6 Å². The topological polar surface area (TPSA) is 54.9 Å². The Kier molecular flexibility index (Phi) is 9.51. The number of nitrogens with zero attached hydrogens (tertiary/aromatic N) is 1. The summed E-state index contributed by atoms with van der Waals surface area (Å²) in [5.41, 5.74) is 1.81. The quantitative estimate of drug-likeness (QED) is 0.341. The summed E-state index contributed by atoms with van der Waals surface area (Å²) in [5.74, 6) is 1.83. The molecule has 0 heterocycles. The first-order valence-corrected chi connectivity index (χ1v) is 8.81. The van der Waals surface area contributed by atoms with Crippen LogP contribution in [0.1, 0.15) is 25.0 Å². The van der Waals surface area contributed by atoms with Crippen LogP contribution in [-0.2, 0) is 12.0 Å². The highest BCUT2D eigenvalue weighted by molar-refractivity contribution is 14.0. The van der Waals surface area contributed by atoms with Crippen LogP contribution in [0.4, 0.5) is 4.39 Å². The van der Waals surface area contributed by atoms with Crippen LogP contribution in [0.2, 0.25) is 0 Å². The maximum absolute atomic E-state index is 13.3. The average Bonchev–Trinajstić information content (AvgIpc) is 2.67. The molecule has 0 saturated heterocycles. The van der Waals surface area contributed by atoms with Crippen LogP contribution < -0.4 is 20.1 Å². The monoisotopic (exact) mass is 501 g/mol. The second-order valence-electron chi connectivity index (χ2n) is 6.86. The predicted molar refractivity (Wildman–Crippen MR) is 123 cm³/mol. The molecule has 0 atom stereocenters. The third-order valence-electron chi connectivity index (χ3n) is 4.44. The lowest BCUT2D eigenvalue weighted by molar-refractivity contribution is 0.353. The van der Waals surface area contributed by atoms with Gasteiger partial charge in [0.15, 0.2) is 17.5 Å². The average molecular weight is 501 g/mol. The van der Waals surface area contributed by atoms with Crippen molar-refractivity contribution in [2.24, 2.45) is 4.99 Å². The van der Waals surface area contributed by atoms with Gasteiger partial charge in [0.2, 0.25) is 0 Å². The zero-order valence-electron chi connectivity index (χ0n) is 17.0. The van der Waals surface area contributed by atoms with Gasteiger partial charge in [-0.15, -0.1) is 24.0 Å². The Bertz CT molecular complexity index is 797. The highest BCUT2D eigenvalue weighted by Gasteiger charge is 2.22. The zero-order valence-corrected chi connectivity index (χ0v) is 19.3. The molecule has 0 saturated carbocycles. The molecule has 2 aromatic carbocycles. The van der Waals surface area contributed by atoms with E-state index in [1.807, 2.05) is 24.3 Å². The Balaban J connectivity index is 0.00000392. The molecular weight excluding hydrogens is 472 g/mol. The third kappa shape index (κ3) is 6.54. The van der Waals surface area contributed by atoms with E-state index < -0.39 is 0 Å². The second-order valence-corrected chi connectivity index (χ2v) is 6.86. The minimum Gasteiger partial charge on any atom is -0.493 e. The smallest absolute Gasteiger partial charge is 0.191 e. The number of hydrogen-bond donors (Lipinski definition) is 2. The van der Waals surface area contributed by atoms with Gasteiger partial charge in [-0.2, -0.15) is 0 Å². The number of aliphatic imine (C=N–C) groups is 1. The number of halogens is 2. The lowest BCUT2D eigenvalue weighted by Crippen LogP contribution is -2.43. The van der Waals surface area contributed by atoms with E-state index in [2.05, 4.69) is 29.5 Å². The van der Waals surface area contributed by atoms with E-state index in [-0.39, 0.29) is 35.2 Å². The Labute approximate surface area is 183 Å². The first kappa shape index (κ1) is 24.0. The molecule has 28 heavy (non-hydrogen) atoms. The van der Waals surface area contributed by atoms with Gasteiger partial charge in [-0.1, -0.05) is 32.0 Å². The molecule has 0 aliphatic rings. The fraction of sp³-hybridized carbons (Fsp3) is 0.381. The van der Waals surface area contributed by atoms with Gasteiger partial charge in [-0.3, -0.25) is 4.99 Å². The molecule has 0 fully saturated rings. The van der Waals surface area contributed by atoms with E-state index in [0.717, 1.165) is 11.1 Å². The predicted octanol–water partition coefficient (Wildman–Crippen LogP) is 4.10. The Morgan fingerprint density at radius 1 is 1.04 bits per heavy atom. The van der Waals surface area contributed by atoms with Gasteiger partial charge in [0.1, 0.15) is 5.82 Å². The normalized spacial score (nSPS) is 11.4. The molecule has 5 nitrogen and oxygen atoms in total. The zero-order chi connectivity index (χ0) is 19.9. The number of nitrogens with one attached hydrogen (secondary N) is 2. The Hall–Kier alpha value is -2.03. The molecule has 0 amide bonds. The van der Waals surface area contributed by atoms with Crippen LogP contribution >= 0.6 is 24.0 Å². The maximum atomic E-state index is 13.3. The van der Waals surface area contributed by atoms with Gasteiger partial charge in [-0.25, -0.2) is 4.39 Å². The van der Waals surface area contributed by atoms with Gasteiger partial charge in [0, 0.05) is 25.6 Å². The fourth-order valence-corrected chi connectivity index (χ4v) is 2.72. The molecule has 2 rings (SSSR count). The van der Waals surface area contributed by atoms with E-state index in [0.29, 0.717) is 30.5 Å². The second kappa shape index (κ2) is 11.1. The number of hydrogen-bond acceptors (Lipinski definition) is 3. The SMILES string of the molecule is CN=C(NCc1cccc(F)c1)NCC(C)(C)c1ccc(OC)c(OC)c1.I. The molecule has 0 aromatic heterocycles. The molecule has 0 aliphatic heterocycles. The van der Waals surface area contributed by atoms with Crippen molar-refractivity contribution >= 4 is 29.9 Å². The summed E-state index contributed by atoms with van der Waals surface area (Å²) in [6, 6.07) is 12.4. The van der Waals surface area contributed by atoms with Crippen LogP contribution in [0, 0.1) is 5.82 Å². The molecule has 0 unspecified atom stereocenters. The van der Waals surface area contributed by atoms with Gasteiger partial charge in [0.25, 0.3) is 0 Å². The molecule has 2 N–H and O–H groups in total. The summed E-state index contributed by atoms with van der Waals surface area (Å²) >= 11 is 0. The van der Waals surface area contributed by atoms with Gasteiger partial charge in [-0.05, 0) is 35.4 Å². The first-order chi connectivity index (χ1) is 12.9. The van der Waals surface area contributed by atoms with Crippen molar-refractivity contribution in [3.8, 4) is 11.5 Å². The molecule has 0 radical (unpaired) electrons. The van der Waals surface area contributed by atoms with Crippen molar-refractivity contribution in [3.63, 3.8) is 0 Å². The van der Waals surface area contributed by atoms with Crippen molar-refractivity contribution in [1.29, 1.82) is 0 Å². The Morgan fingerprint density at radius 2 is 1.75 bits per heavy atom. The number of rotatable bonds is 7. The molecule has 154 valence electrons.